The number of carbonyl (C=O) groups excluding carboxylic acids is 2. The number of imide groups is 1. The van der Waals surface area contributed by atoms with Crippen molar-refractivity contribution in [3.05, 3.63) is 88.1 Å². The van der Waals surface area contributed by atoms with Crippen LogP contribution in [-0.4, -0.2) is 27.2 Å². The van der Waals surface area contributed by atoms with Crippen molar-refractivity contribution in [3.8, 4) is 11.4 Å². The molecule has 0 unspecified atom stereocenters. The van der Waals surface area contributed by atoms with Gasteiger partial charge in [0.2, 0.25) is 0 Å². The first kappa shape index (κ1) is 21.0. The summed E-state index contributed by atoms with van der Waals surface area (Å²) in [6.45, 7) is 6.92. The van der Waals surface area contributed by atoms with Gasteiger partial charge in [-0.2, -0.15) is 0 Å². The van der Waals surface area contributed by atoms with Crippen LogP contribution in [0.2, 0.25) is 0 Å². The molecule has 158 valence electrons. The van der Waals surface area contributed by atoms with E-state index in [4.69, 9.17) is 4.74 Å². The second-order valence-corrected chi connectivity index (χ2v) is 8.34. The molecule has 0 spiro atoms. The summed E-state index contributed by atoms with van der Waals surface area (Å²) >= 11 is 0.996. The Labute approximate surface area is 186 Å². The lowest BCUT2D eigenvalue weighted by Gasteiger charge is -2.12. The quantitative estimate of drug-likeness (QED) is 0.467. The molecule has 2 amide bonds. The summed E-state index contributed by atoms with van der Waals surface area (Å²) in [6, 6.07) is 19.5. The van der Waals surface area contributed by atoms with Crippen molar-refractivity contribution in [1.82, 2.24) is 9.47 Å². The van der Waals surface area contributed by atoms with Gasteiger partial charge in [0.25, 0.3) is 11.1 Å². The first-order valence-corrected chi connectivity index (χ1v) is 11.0. The standard InChI is InChI=1S/C25H24N2O3S/c1-4-30-22-12-10-21(11-13-22)27-17(2)14-20(18(27)3)15-23-24(28)26(25(29)31-23)16-19-8-6-5-7-9-19/h5-15H,4,16H2,1-3H3/b23-15-. The third-order valence-corrected chi connectivity index (χ3v) is 6.13. The van der Waals surface area contributed by atoms with Crippen molar-refractivity contribution in [2.24, 2.45) is 0 Å². The molecule has 3 aromatic rings. The van der Waals surface area contributed by atoms with E-state index in [9.17, 15) is 9.59 Å². The molecule has 0 N–H and O–H groups in total. The van der Waals surface area contributed by atoms with Crippen LogP contribution < -0.4 is 4.74 Å². The first-order chi connectivity index (χ1) is 15.0. The SMILES string of the molecule is CCOc1ccc(-n2c(C)cc(/C=C3\SC(=O)N(Cc4ccccc4)C3=O)c2C)cc1. The summed E-state index contributed by atoms with van der Waals surface area (Å²) in [5.41, 5.74) is 4.94. The number of amides is 2. The van der Waals surface area contributed by atoms with E-state index in [2.05, 4.69) is 4.57 Å². The average molecular weight is 433 g/mol. The molecule has 0 atom stereocenters. The molecule has 1 aromatic heterocycles. The molecule has 5 nitrogen and oxygen atoms in total. The number of rotatable bonds is 6. The zero-order valence-electron chi connectivity index (χ0n) is 17.8. The number of aryl methyl sites for hydroxylation is 1. The van der Waals surface area contributed by atoms with E-state index >= 15 is 0 Å². The number of nitrogens with zero attached hydrogens (tertiary/aromatic N) is 2. The summed E-state index contributed by atoms with van der Waals surface area (Å²) in [5, 5.41) is -0.236. The molecule has 31 heavy (non-hydrogen) atoms. The monoisotopic (exact) mass is 432 g/mol. The molecule has 1 fully saturated rings. The van der Waals surface area contributed by atoms with Gasteiger partial charge in [0.1, 0.15) is 5.75 Å². The van der Waals surface area contributed by atoms with Crippen LogP contribution in [0.3, 0.4) is 0 Å². The van der Waals surface area contributed by atoms with Crippen molar-refractivity contribution in [2.45, 2.75) is 27.3 Å². The van der Waals surface area contributed by atoms with Crippen LogP contribution in [0.25, 0.3) is 11.8 Å². The number of hydrogen-bond acceptors (Lipinski definition) is 4. The van der Waals surface area contributed by atoms with E-state index in [0.29, 0.717) is 11.5 Å². The molecule has 2 heterocycles. The minimum atomic E-state index is -0.246. The van der Waals surface area contributed by atoms with Crippen LogP contribution in [0.1, 0.15) is 29.4 Å². The van der Waals surface area contributed by atoms with Gasteiger partial charge in [0, 0.05) is 17.1 Å². The Balaban J connectivity index is 1.60. The van der Waals surface area contributed by atoms with E-state index < -0.39 is 0 Å². The average Bonchev–Trinajstić information content (AvgIpc) is 3.19. The molecule has 6 heteroatoms. The minimum Gasteiger partial charge on any atom is -0.494 e. The third kappa shape index (κ3) is 4.30. The molecule has 0 bridgehead atoms. The van der Waals surface area contributed by atoms with Crippen LogP contribution >= 0.6 is 11.8 Å². The van der Waals surface area contributed by atoms with Gasteiger partial charge in [-0.15, -0.1) is 0 Å². The van der Waals surface area contributed by atoms with Gasteiger partial charge in [-0.3, -0.25) is 14.5 Å². The van der Waals surface area contributed by atoms with Crippen molar-refractivity contribution < 1.29 is 14.3 Å². The Kier molecular flexibility index (Phi) is 6.00. The van der Waals surface area contributed by atoms with E-state index in [1.54, 1.807) is 0 Å². The lowest BCUT2D eigenvalue weighted by Crippen LogP contribution is -2.27. The highest BCUT2D eigenvalue weighted by Gasteiger charge is 2.35. The van der Waals surface area contributed by atoms with Crippen LogP contribution in [0.5, 0.6) is 5.75 Å². The van der Waals surface area contributed by atoms with Crippen molar-refractivity contribution in [1.29, 1.82) is 0 Å². The number of hydrogen-bond donors (Lipinski definition) is 0. The maximum atomic E-state index is 12.9. The molecule has 0 aliphatic carbocycles. The van der Waals surface area contributed by atoms with E-state index in [1.165, 1.54) is 4.90 Å². The predicted molar refractivity (Wildman–Crippen MR) is 124 cm³/mol. The summed E-state index contributed by atoms with van der Waals surface area (Å²) < 4.78 is 7.66. The van der Waals surface area contributed by atoms with Crippen molar-refractivity contribution in [2.75, 3.05) is 6.61 Å². The number of ether oxygens (including phenoxy) is 1. The Bertz CT molecular complexity index is 1150. The third-order valence-electron chi connectivity index (χ3n) is 5.22. The van der Waals surface area contributed by atoms with Crippen LogP contribution in [0, 0.1) is 13.8 Å². The predicted octanol–water partition coefficient (Wildman–Crippen LogP) is 5.73. The molecule has 1 aliphatic heterocycles. The molecular formula is C25H24N2O3S. The zero-order chi connectivity index (χ0) is 22.0. The van der Waals surface area contributed by atoms with Gasteiger partial charge in [0.15, 0.2) is 0 Å². The minimum absolute atomic E-state index is 0.236. The van der Waals surface area contributed by atoms with Crippen LogP contribution in [0.15, 0.2) is 65.6 Å². The van der Waals surface area contributed by atoms with E-state index in [1.807, 2.05) is 87.5 Å². The van der Waals surface area contributed by atoms with Crippen molar-refractivity contribution in [3.63, 3.8) is 0 Å². The first-order valence-electron chi connectivity index (χ1n) is 10.2. The highest BCUT2D eigenvalue weighted by atomic mass is 32.2. The van der Waals surface area contributed by atoms with Crippen molar-refractivity contribution >= 4 is 29.0 Å². The largest absolute Gasteiger partial charge is 0.494 e. The Hall–Kier alpha value is -3.25. The summed E-state index contributed by atoms with van der Waals surface area (Å²) in [4.78, 5) is 27.1. The smallest absolute Gasteiger partial charge is 0.293 e. The second kappa shape index (κ2) is 8.86. The molecule has 4 rings (SSSR count). The highest BCUT2D eigenvalue weighted by molar-refractivity contribution is 8.18. The van der Waals surface area contributed by atoms with Gasteiger partial charge in [0.05, 0.1) is 18.1 Å². The van der Waals surface area contributed by atoms with Gasteiger partial charge in [-0.25, -0.2) is 0 Å². The molecule has 1 aliphatic rings. The Morgan fingerprint density at radius 1 is 1.00 bits per heavy atom. The van der Waals surface area contributed by atoms with Gasteiger partial charge >= 0.3 is 0 Å². The number of thioether (sulfide) groups is 1. The van der Waals surface area contributed by atoms with E-state index in [0.717, 1.165) is 45.7 Å². The Morgan fingerprint density at radius 2 is 1.71 bits per heavy atom. The molecular weight excluding hydrogens is 408 g/mol. The highest BCUT2D eigenvalue weighted by Crippen LogP contribution is 2.34. The van der Waals surface area contributed by atoms with Gasteiger partial charge in [-0.05, 0) is 80.1 Å². The number of aromatic nitrogens is 1. The maximum absolute atomic E-state index is 12.9. The second-order valence-electron chi connectivity index (χ2n) is 7.34. The summed E-state index contributed by atoms with van der Waals surface area (Å²) in [5.74, 6) is 0.589. The number of carbonyl (C=O) groups is 2. The van der Waals surface area contributed by atoms with E-state index in [-0.39, 0.29) is 17.7 Å². The maximum Gasteiger partial charge on any atom is 0.293 e. The lowest BCUT2D eigenvalue weighted by atomic mass is 10.2. The normalized spacial score (nSPS) is 15.2. The fourth-order valence-electron chi connectivity index (χ4n) is 3.73. The fraction of sp³-hybridized carbons (Fsp3) is 0.200. The number of benzene rings is 2. The zero-order valence-corrected chi connectivity index (χ0v) is 18.6. The van der Waals surface area contributed by atoms with Gasteiger partial charge < -0.3 is 9.30 Å². The summed E-state index contributed by atoms with van der Waals surface area (Å²) in [7, 11) is 0. The lowest BCUT2D eigenvalue weighted by molar-refractivity contribution is -0.123. The van der Waals surface area contributed by atoms with Crippen LogP contribution in [0.4, 0.5) is 4.79 Å². The Morgan fingerprint density at radius 3 is 2.39 bits per heavy atom. The fourth-order valence-corrected chi connectivity index (χ4v) is 4.56. The molecule has 0 radical (unpaired) electrons. The molecule has 0 saturated carbocycles. The molecule has 1 saturated heterocycles. The topological polar surface area (TPSA) is 51.5 Å². The summed E-state index contributed by atoms with van der Waals surface area (Å²) in [6.07, 6.45) is 1.82. The molecule has 2 aromatic carbocycles. The van der Waals surface area contributed by atoms with Crippen LogP contribution in [-0.2, 0) is 11.3 Å². The van der Waals surface area contributed by atoms with Gasteiger partial charge in [-0.1, -0.05) is 30.3 Å².